The van der Waals surface area contributed by atoms with Gasteiger partial charge < -0.3 is 9.64 Å². The number of benzene rings is 1. The van der Waals surface area contributed by atoms with Crippen molar-refractivity contribution in [1.29, 1.82) is 0 Å². The van der Waals surface area contributed by atoms with Crippen LogP contribution < -0.4 is 4.74 Å². The average Bonchev–Trinajstić information content (AvgIpc) is 2.95. The van der Waals surface area contributed by atoms with Crippen molar-refractivity contribution in [2.24, 2.45) is 0 Å². The molecule has 1 aliphatic rings. The third-order valence-corrected chi connectivity index (χ3v) is 4.70. The maximum Gasteiger partial charge on any atom is 0.227 e. The van der Waals surface area contributed by atoms with E-state index in [0.717, 1.165) is 30.8 Å². The Morgan fingerprint density at radius 2 is 2.10 bits per heavy atom. The molecule has 1 amide bonds. The molecule has 1 aromatic heterocycles. The van der Waals surface area contributed by atoms with E-state index in [9.17, 15) is 4.79 Å². The van der Waals surface area contributed by atoms with Crippen molar-refractivity contribution in [3.05, 3.63) is 51.7 Å². The van der Waals surface area contributed by atoms with E-state index in [1.165, 1.54) is 10.4 Å². The Labute approximate surface area is 122 Å². The minimum absolute atomic E-state index is 0.201. The summed E-state index contributed by atoms with van der Waals surface area (Å²) in [6, 6.07) is 9.84. The van der Waals surface area contributed by atoms with E-state index < -0.39 is 0 Å². The average molecular weight is 287 g/mol. The number of amides is 1. The number of carbonyl (C=O) groups excluding carboxylic acids is 1. The minimum atomic E-state index is 0.201. The Morgan fingerprint density at radius 3 is 2.85 bits per heavy atom. The fraction of sp³-hybridized carbons (Fsp3) is 0.312. The lowest BCUT2D eigenvalue weighted by Gasteiger charge is -2.27. The molecule has 0 radical (unpaired) electrons. The molecule has 1 aliphatic heterocycles. The van der Waals surface area contributed by atoms with E-state index in [1.807, 2.05) is 29.2 Å². The topological polar surface area (TPSA) is 29.5 Å². The fourth-order valence-corrected chi connectivity index (χ4v) is 3.38. The maximum absolute atomic E-state index is 12.4. The summed E-state index contributed by atoms with van der Waals surface area (Å²) in [5.41, 5.74) is 2.34. The van der Waals surface area contributed by atoms with E-state index in [2.05, 4.69) is 11.4 Å². The predicted octanol–water partition coefficient (Wildman–Crippen LogP) is 2.88. The van der Waals surface area contributed by atoms with E-state index in [0.29, 0.717) is 6.42 Å². The van der Waals surface area contributed by atoms with Gasteiger partial charge in [0.2, 0.25) is 5.91 Å². The van der Waals surface area contributed by atoms with Crippen LogP contribution in [0.25, 0.3) is 0 Å². The summed E-state index contributed by atoms with van der Waals surface area (Å²) < 4.78 is 5.13. The maximum atomic E-state index is 12.4. The monoisotopic (exact) mass is 287 g/mol. The molecule has 2 heterocycles. The van der Waals surface area contributed by atoms with E-state index in [1.54, 1.807) is 18.4 Å². The second-order valence-corrected chi connectivity index (χ2v) is 5.96. The van der Waals surface area contributed by atoms with Crippen molar-refractivity contribution in [2.75, 3.05) is 13.7 Å². The van der Waals surface area contributed by atoms with Gasteiger partial charge in [0.15, 0.2) is 0 Å². The molecule has 0 bridgehead atoms. The molecule has 0 unspecified atom stereocenters. The van der Waals surface area contributed by atoms with Gasteiger partial charge in [0, 0.05) is 18.0 Å². The highest BCUT2D eigenvalue weighted by atomic mass is 32.1. The molecule has 0 N–H and O–H groups in total. The molecule has 104 valence electrons. The van der Waals surface area contributed by atoms with E-state index in [-0.39, 0.29) is 5.91 Å². The van der Waals surface area contributed by atoms with Gasteiger partial charge in [0.1, 0.15) is 5.75 Å². The van der Waals surface area contributed by atoms with Crippen LogP contribution in [0.3, 0.4) is 0 Å². The summed E-state index contributed by atoms with van der Waals surface area (Å²) in [5, 5.41) is 2.11. The van der Waals surface area contributed by atoms with Crippen molar-refractivity contribution in [3.63, 3.8) is 0 Å². The Morgan fingerprint density at radius 1 is 1.30 bits per heavy atom. The molecular formula is C16H17NO2S. The number of rotatable bonds is 3. The first-order valence-electron chi connectivity index (χ1n) is 6.72. The quantitative estimate of drug-likeness (QED) is 0.868. The predicted molar refractivity (Wildman–Crippen MR) is 80.1 cm³/mol. The third kappa shape index (κ3) is 2.70. The molecular weight excluding hydrogens is 270 g/mol. The molecule has 0 aliphatic carbocycles. The van der Waals surface area contributed by atoms with Gasteiger partial charge in [-0.25, -0.2) is 0 Å². The first kappa shape index (κ1) is 13.2. The number of carbonyl (C=O) groups is 1. The van der Waals surface area contributed by atoms with Gasteiger partial charge in [0.25, 0.3) is 0 Å². The molecule has 3 rings (SSSR count). The summed E-state index contributed by atoms with van der Waals surface area (Å²) >= 11 is 1.80. The fourth-order valence-electron chi connectivity index (χ4n) is 2.49. The van der Waals surface area contributed by atoms with Gasteiger partial charge >= 0.3 is 0 Å². The van der Waals surface area contributed by atoms with Gasteiger partial charge in [-0.15, -0.1) is 11.3 Å². The molecule has 0 fully saturated rings. The van der Waals surface area contributed by atoms with Gasteiger partial charge in [-0.3, -0.25) is 4.79 Å². The van der Waals surface area contributed by atoms with Crippen LogP contribution in [-0.2, 0) is 24.2 Å². The number of hydrogen-bond donors (Lipinski definition) is 0. The molecule has 2 aromatic rings. The zero-order valence-electron chi connectivity index (χ0n) is 11.5. The number of fused-ring (bicyclic) bond motifs is 1. The number of methoxy groups -OCH3 is 1. The highest BCUT2D eigenvalue weighted by Crippen LogP contribution is 2.24. The molecule has 20 heavy (non-hydrogen) atoms. The minimum Gasteiger partial charge on any atom is -0.497 e. The molecule has 4 heteroatoms. The van der Waals surface area contributed by atoms with Gasteiger partial charge in [-0.1, -0.05) is 12.1 Å². The third-order valence-electron chi connectivity index (χ3n) is 3.67. The summed E-state index contributed by atoms with van der Waals surface area (Å²) in [6.07, 6.45) is 1.45. The van der Waals surface area contributed by atoms with Gasteiger partial charge in [0.05, 0.1) is 13.5 Å². The number of ether oxygens (including phenoxy) is 1. The highest BCUT2D eigenvalue weighted by Gasteiger charge is 2.21. The zero-order valence-corrected chi connectivity index (χ0v) is 12.3. The lowest BCUT2D eigenvalue weighted by molar-refractivity contribution is -0.131. The zero-order chi connectivity index (χ0) is 13.9. The van der Waals surface area contributed by atoms with E-state index >= 15 is 0 Å². The highest BCUT2D eigenvalue weighted by molar-refractivity contribution is 7.10. The smallest absolute Gasteiger partial charge is 0.227 e. The SMILES string of the molecule is COc1ccc(CC(=O)N2CCc3sccc3C2)cc1. The Kier molecular flexibility index (Phi) is 3.74. The lowest BCUT2D eigenvalue weighted by Crippen LogP contribution is -2.36. The van der Waals surface area contributed by atoms with Crippen molar-refractivity contribution >= 4 is 17.2 Å². The summed E-state index contributed by atoms with van der Waals surface area (Å²) in [5.74, 6) is 1.02. The second kappa shape index (κ2) is 5.67. The number of nitrogens with zero attached hydrogens (tertiary/aromatic N) is 1. The second-order valence-electron chi connectivity index (χ2n) is 4.96. The van der Waals surface area contributed by atoms with Crippen LogP contribution in [0.2, 0.25) is 0 Å². The van der Waals surface area contributed by atoms with Crippen molar-refractivity contribution in [1.82, 2.24) is 4.90 Å². The van der Waals surface area contributed by atoms with Crippen LogP contribution in [0.1, 0.15) is 16.0 Å². The van der Waals surface area contributed by atoms with Crippen LogP contribution in [0.15, 0.2) is 35.7 Å². The first-order valence-corrected chi connectivity index (χ1v) is 7.60. The van der Waals surface area contributed by atoms with Gasteiger partial charge in [-0.2, -0.15) is 0 Å². The van der Waals surface area contributed by atoms with Gasteiger partial charge in [-0.05, 0) is 41.1 Å². The van der Waals surface area contributed by atoms with E-state index in [4.69, 9.17) is 4.74 Å². The van der Waals surface area contributed by atoms with Crippen LogP contribution in [0, 0.1) is 0 Å². The van der Waals surface area contributed by atoms with Crippen molar-refractivity contribution < 1.29 is 9.53 Å². The Balaban J connectivity index is 1.65. The molecule has 3 nitrogen and oxygen atoms in total. The van der Waals surface area contributed by atoms with Crippen LogP contribution in [0.5, 0.6) is 5.75 Å². The largest absolute Gasteiger partial charge is 0.497 e. The molecule has 0 saturated carbocycles. The molecule has 1 aromatic carbocycles. The van der Waals surface area contributed by atoms with Crippen molar-refractivity contribution in [2.45, 2.75) is 19.4 Å². The summed E-state index contributed by atoms with van der Waals surface area (Å²) in [7, 11) is 1.65. The normalized spacial score (nSPS) is 13.9. The Bertz CT molecular complexity index is 603. The number of thiophene rings is 1. The lowest BCUT2D eigenvalue weighted by atomic mass is 10.1. The van der Waals surface area contributed by atoms with Crippen LogP contribution >= 0.6 is 11.3 Å². The number of hydrogen-bond acceptors (Lipinski definition) is 3. The standard InChI is InChI=1S/C16H17NO2S/c1-19-14-4-2-12(3-5-14)10-16(18)17-8-6-15-13(11-17)7-9-20-15/h2-5,7,9H,6,8,10-11H2,1H3. The molecule has 0 atom stereocenters. The first-order chi connectivity index (χ1) is 9.76. The molecule has 0 spiro atoms. The van der Waals surface area contributed by atoms with Crippen molar-refractivity contribution in [3.8, 4) is 5.75 Å². The Hall–Kier alpha value is -1.81. The summed E-state index contributed by atoms with van der Waals surface area (Å²) in [4.78, 5) is 15.7. The van der Waals surface area contributed by atoms with Crippen LogP contribution in [0.4, 0.5) is 0 Å². The van der Waals surface area contributed by atoms with Crippen LogP contribution in [-0.4, -0.2) is 24.5 Å². The summed E-state index contributed by atoms with van der Waals surface area (Å²) in [6.45, 7) is 1.59. The molecule has 0 saturated heterocycles.